The predicted molar refractivity (Wildman–Crippen MR) is 87.6 cm³/mol. The summed E-state index contributed by atoms with van der Waals surface area (Å²) in [5.74, 6) is 0.327. The number of aryl methyl sites for hydroxylation is 1. The number of hydrogen-bond acceptors (Lipinski definition) is 2. The van der Waals surface area contributed by atoms with E-state index in [1.165, 1.54) is 5.56 Å². The van der Waals surface area contributed by atoms with Crippen LogP contribution in [0.3, 0.4) is 0 Å². The zero-order chi connectivity index (χ0) is 15.6. The van der Waals surface area contributed by atoms with Gasteiger partial charge in [-0.05, 0) is 43.1 Å². The number of methoxy groups -OCH3 is 1. The molecule has 1 aromatic rings. The normalized spacial score (nSPS) is 31.1. The van der Waals surface area contributed by atoms with Gasteiger partial charge in [-0.1, -0.05) is 37.3 Å². The number of benzene rings is 1. The lowest BCUT2D eigenvalue weighted by molar-refractivity contribution is -0.134. The van der Waals surface area contributed by atoms with Crippen LogP contribution in [0.2, 0.25) is 0 Å². The maximum absolute atomic E-state index is 12.7. The molecule has 2 aliphatic rings. The number of carbonyl (C=O) groups excluding carboxylic acids is 1. The molecule has 1 saturated carbocycles. The first-order chi connectivity index (χ1) is 10.6. The van der Waals surface area contributed by atoms with Crippen molar-refractivity contribution in [3.8, 4) is 0 Å². The maximum atomic E-state index is 12.7. The highest BCUT2D eigenvalue weighted by atomic mass is 16.5. The minimum Gasteiger partial charge on any atom is -0.381 e. The van der Waals surface area contributed by atoms with E-state index in [9.17, 15) is 4.79 Å². The Bertz CT molecular complexity index is 515. The van der Waals surface area contributed by atoms with Gasteiger partial charge >= 0.3 is 0 Å². The van der Waals surface area contributed by atoms with E-state index in [4.69, 9.17) is 4.74 Å². The van der Waals surface area contributed by atoms with Crippen LogP contribution in [-0.2, 0) is 16.0 Å². The van der Waals surface area contributed by atoms with Crippen molar-refractivity contribution in [1.82, 2.24) is 4.90 Å². The molecular formula is C19H27NO2. The highest BCUT2D eigenvalue weighted by molar-refractivity contribution is 5.77. The van der Waals surface area contributed by atoms with Crippen LogP contribution in [0.15, 0.2) is 30.3 Å². The summed E-state index contributed by atoms with van der Waals surface area (Å²) >= 11 is 0. The van der Waals surface area contributed by atoms with Gasteiger partial charge in [0, 0.05) is 26.1 Å². The van der Waals surface area contributed by atoms with Crippen LogP contribution in [0.4, 0.5) is 0 Å². The molecule has 3 rings (SSSR count). The maximum Gasteiger partial charge on any atom is 0.223 e. The molecule has 1 amide bonds. The summed E-state index contributed by atoms with van der Waals surface area (Å²) in [6.45, 7) is 3.26. The van der Waals surface area contributed by atoms with Crippen molar-refractivity contribution in [3.05, 3.63) is 35.9 Å². The summed E-state index contributed by atoms with van der Waals surface area (Å²) in [6, 6.07) is 10.7. The van der Waals surface area contributed by atoms with E-state index in [1.54, 1.807) is 0 Å². The minimum absolute atomic E-state index is 0.251. The standard InChI is InChI=1S/C19H27NO2/c1-19-12-13-20(17(19)10-9-16(14-19)22-2)18(21)11-8-15-6-4-3-5-7-15/h3-7,16-17H,8-14H2,1-2H3/t16-,17-,19+/m1/s1. The zero-order valence-corrected chi connectivity index (χ0v) is 13.8. The van der Waals surface area contributed by atoms with Crippen molar-refractivity contribution in [2.75, 3.05) is 13.7 Å². The lowest BCUT2D eigenvalue weighted by atomic mass is 9.71. The average molecular weight is 301 g/mol. The molecule has 3 nitrogen and oxygen atoms in total. The summed E-state index contributed by atoms with van der Waals surface area (Å²) in [5.41, 5.74) is 1.50. The van der Waals surface area contributed by atoms with E-state index in [0.717, 1.165) is 38.6 Å². The zero-order valence-electron chi connectivity index (χ0n) is 13.8. The molecule has 1 saturated heterocycles. The number of fused-ring (bicyclic) bond motifs is 1. The third-order valence-electron chi connectivity index (χ3n) is 5.68. The lowest BCUT2D eigenvalue weighted by Crippen LogP contribution is -2.46. The van der Waals surface area contributed by atoms with Gasteiger partial charge in [0.05, 0.1) is 6.10 Å². The van der Waals surface area contributed by atoms with Gasteiger partial charge in [0.25, 0.3) is 0 Å². The SMILES string of the molecule is CO[C@@H]1CC[C@H]2N(C(=O)CCc3ccccc3)CC[C@@]2(C)C1. The summed E-state index contributed by atoms with van der Waals surface area (Å²) in [5, 5.41) is 0. The molecule has 0 radical (unpaired) electrons. The van der Waals surface area contributed by atoms with E-state index < -0.39 is 0 Å². The monoisotopic (exact) mass is 301 g/mol. The van der Waals surface area contributed by atoms with Crippen molar-refractivity contribution in [2.45, 2.75) is 57.6 Å². The Morgan fingerprint density at radius 1 is 1.32 bits per heavy atom. The van der Waals surface area contributed by atoms with Crippen LogP contribution in [0.1, 0.15) is 44.6 Å². The van der Waals surface area contributed by atoms with Crippen molar-refractivity contribution in [2.24, 2.45) is 5.41 Å². The van der Waals surface area contributed by atoms with Crippen LogP contribution in [0.5, 0.6) is 0 Å². The summed E-state index contributed by atoms with van der Waals surface area (Å²) in [4.78, 5) is 14.8. The number of carbonyl (C=O) groups is 1. The fraction of sp³-hybridized carbons (Fsp3) is 0.632. The van der Waals surface area contributed by atoms with Gasteiger partial charge in [-0.2, -0.15) is 0 Å². The summed E-state index contributed by atoms with van der Waals surface area (Å²) < 4.78 is 5.56. The van der Waals surface area contributed by atoms with Gasteiger partial charge in [-0.3, -0.25) is 4.79 Å². The lowest BCUT2D eigenvalue weighted by Gasteiger charge is -2.42. The Morgan fingerprint density at radius 3 is 2.82 bits per heavy atom. The first-order valence-corrected chi connectivity index (χ1v) is 8.48. The van der Waals surface area contributed by atoms with Gasteiger partial charge in [0.1, 0.15) is 0 Å². The molecule has 1 aromatic carbocycles. The highest BCUT2D eigenvalue weighted by Crippen LogP contribution is 2.47. The second-order valence-electron chi connectivity index (χ2n) is 7.13. The van der Waals surface area contributed by atoms with Crippen LogP contribution >= 0.6 is 0 Å². The third kappa shape index (κ3) is 3.05. The highest BCUT2D eigenvalue weighted by Gasteiger charge is 2.48. The topological polar surface area (TPSA) is 29.5 Å². The Kier molecular flexibility index (Phi) is 4.53. The average Bonchev–Trinajstić information content (AvgIpc) is 2.90. The molecule has 22 heavy (non-hydrogen) atoms. The molecular weight excluding hydrogens is 274 g/mol. The van der Waals surface area contributed by atoms with E-state index in [0.29, 0.717) is 24.5 Å². The molecule has 0 N–H and O–H groups in total. The molecule has 1 heterocycles. The molecule has 3 heteroatoms. The quantitative estimate of drug-likeness (QED) is 0.853. The number of rotatable bonds is 4. The Morgan fingerprint density at radius 2 is 2.09 bits per heavy atom. The van der Waals surface area contributed by atoms with Crippen molar-refractivity contribution in [3.63, 3.8) is 0 Å². The second kappa shape index (κ2) is 6.41. The third-order valence-corrected chi connectivity index (χ3v) is 5.68. The largest absolute Gasteiger partial charge is 0.381 e. The van der Waals surface area contributed by atoms with E-state index >= 15 is 0 Å². The molecule has 0 aromatic heterocycles. The van der Waals surface area contributed by atoms with Crippen LogP contribution < -0.4 is 0 Å². The summed E-state index contributed by atoms with van der Waals surface area (Å²) in [7, 11) is 1.81. The van der Waals surface area contributed by atoms with Gasteiger partial charge in [0.2, 0.25) is 5.91 Å². The molecule has 3 atom stereocenters. The Labute approximate surface area is 133 Å². The number of hydrogen-bond donors (Lipinski definition) is 0. The fourth-order valence-electron chi connectivity index (χ4n) is 4.32. The molecule has 0 spiro atoms. The number of likely N-dealkylation sites (tertiary alicyclic amines) is 1. The van der Waals surface area contributed by atoms with E-state index in [1.807, 2.05) is 25.3 Å². The Hall–Kier alpha value is -1.35. The minimum atomic E-state index is 0.251. The predicted octanol–water partition coefficient (Wildman–Crippen LogP) is 3.43. The number of nitrogens with zero attached hydrogens (tertiary/aromatic N) is 1. The van der Waals surface area contributed by atoms with Gasteiger partial charge in [-0.15, -0.1) is 0 Å². The molecule has 0 bridgehead atoms. The van der Waals surface area contributed by atoms with Gasteiger partial charge in [0.15, 0.2) is 0 Å². The van der Waals surface area contributed by atoms with Crippen molar-refractivity contribution in [1.29, 1.82) is 0 Å². The van der Waals surface area contributed by atoms with Crippen LogP contribution in [-0.4, -0.2) is 36.6 Å². The first-order valence-electron chi connectivity index (χ1n) is 8.48. The molecule has 1 aliphatic heterocycles. The van der Waals surface area contributed by atoms with Crippen LogP contribution in [0.25, 0.3) is 0 Å². The fourth-order valence-corrected chi connectivity index (χ4v) is 4.32. The number of amides is 1. The molecule has 2 fully saturated rings. The van der Waals surface area contributed by atoms with E-state index in [2.05, 4.69) is 24.0 Å². The smallest absolute Gasteiger partial charge is 0.223 e. The Balaban J connectivity index is 1.60. The van der Waals surface area contributed by atoms with Crippen LogP contribution in [0, 0.1) is 5.41 Å². The van der Waals surface area contributed by atoms with Gasteiger partial charge < -0.3 is 9.64 Å². The van der Waals surface area contributed by atoms with E-state index in [-0.39, 0.29) is 5.41 Å². The first kappa shape index (κ1) is 15.5. The number of ether oxygens (including phenoxy) is 1. The molecule has 0 unspecified atom stereocenters. The van der Waals surface area contributed by atoms with Crippen molar-refractivity contribution >= 4 is 5.91 Å². The molecule has 1 aliphatic carbocycles. The second-order valence-corrected chi connectivity index (χ2v) is 7.13. The molecule has 120 valence electrons. The van der Waals surface area contributed by atoms with Crippen molar-refractivity contribution < 1.29 is 9.53 Å². The summed E-state index contributed by atoms with van der Waals surface area (Å²) in [6.07, 6.45) is 6.24. The van der Waals surface area contributed by atoms with Gasteiger partial charge in [-0.25, -0.2) is 0 Å².